The Labute approximate surface area is 120 Å². The minimum absolute atomic E-state index is 0.0548. The Hall–Kier alpha value is -1.81. The number of carbonyl (C=O) groups is 1. The van der Waals surface area contributed by atoms with Crippen LogP contribution in [0.5, 0.6) is 0 Å². The van der Waals surface area contributed by atoms with E-state index in [0.717, 1.165) is 37.3 Å². The van der Waals surface area contributed by atoms with Gasteiger partial charge in [0, 0.05) is 31.0 Å². The zero-order chi connectivity index (χ0) is 14.4. The predicted octanol–water partition coefficient (Wildman–Crippen LogP) is 2.21. The summed E-state index contributed by atoms with van der Waals surface area (Å²) in [7, 11) is 0. The van der Waals surface area contributed by atoms with Crippen molar-refractivity contribution in [2.24, 2.45) is 5.92 Å². The van der Waals surface area contributed by atoms with Crippen molar-refractivity contribution >= 4 is 17.7 Å². The van der Waals surface area contributed by atoms with E-state index in [9.17, 15) is 4.79 Å². The predicted molar refractivity (Wildman–Crippen MR) is 81.0 cm³/mol. The van der Waals surface area contributed by atoms with Crippen LogP contribution in [0.15, 0.2) is 30.3 Å². The standard InChI is InChI=1S/C16H22N2O2/c1-12(14-8-10-20-11-9-14)18-16(19)7-4-13-2-5-15(17)6-3-13/h2-7,12,14H,8-11,17H2,1H3,(H,18,19)/b7-4+. The molecule has 1 aliphatic rings. The molecule has 3 N–H and O–H groups in total. The van der Waals surface area contributed by atoms with Gasteiger partial charge in [-0.25, -0.2) is 0 Å². The molecular formula is C16H22N2O2. The molecule has 2 rings (SSSR count). The zero-order valence-electron chi connectivity index (χ0n) is 11.8. The fraction of sp³-hybridized carbons (Fsp3) is 0.438. The Morgan fingerprint density at radius 3 is 2.65 bits per heavy atom. The summed E-state index contributed by atoms with van der Waals surface area (Å²) < 4.78 is 5.33. The quantitative estimate of drug-likeness (QED) is 0.653. The molecule has 0 saturated carbocycles. The number of carbonyl (C=O) groups excluding carboxylic acids is 1. The molecule has 1 aliphatic heterocycles. The Morgan fingerprint density at radius 2 is 2.00 bits per heavy atom. The number of benzene rings is 1. The normalized spacial score (nSPS) is 18.1. The lowest BCUT2D eigenvalue weighted by molar-refractivity contribution is -0.117. The van der Waals surface area contributed by atoms with Crippen LogP contribution in [0.4, 0.5) is 5.69 Å². The van der Waals surface area contributed by atoms with Gasteiger partial charge in [0.1, 0.15) is 0 Å². The van der Waals surface area contributed by atoms with E-state index in [1.165, 1.54) is 0 Å². The lowest BCUT2D eigenvalue weighted by atomic mass is 9.93. The van der Waals surface area contributed by atoms with Crippen LogP contribution in [0.25, 0.3) is 6.08 Å². The maximum atomic E-state index is 11.9. The first-order chi connectivity index (χ1) is 9.65. The van der Waals surface area contributed by atoms with E-state index in [1.807, 2.05) is 24.3 Å². The highest BCUT2D eigenvalue weighted by Gasteiger charge is 2.20. The summed E-state index contributed by atoms with van der Waals surface area (Å²) in [4.78, 5) is 11.9. The van der Waals surface area contributed by atoms with Crippen LogP contribution < -0.4 is 11.1 Å². The molecule has 108 valence electrons. The second-order valence-corrected chi connectivity index (χ2v) is 5.25. The molecule has 4 nitrogen and oxygen atoms in total. The van der Waals surface area contributed by atoms with E-state index in [4.69, 9.17) is 10.5 Å². The number of amides is 1. The molecular weight excluding hydrogens is 252 g/mol. The highest BCUT2D eigenvalue weighted by atomic mass is 16.5. The van der Waals surface area contributed by atoms with E-state index in [2.05, 4.69) is 12.2 Å². The van der Waals surface area contributed by atoms with Crippen molar-refractivity contribution in [3.63, 3.8) is 0 Å². The second kappa shape index (κ2) is 7.10. The van der Waals surface area contributed by atoms with E-state index >= 15 is 0 Å². The second-order valence-electron chi connectivity index (χ2n) is 5.25. The Morgan fingerprint density at radius 1 is 1.35 bits per heavy atom. The minimum Gasteiger partial charge on any atom is -0.399 e. The van der Waals surface area contributed by atoms with E-state index in [0.29, 0.717) is 5.92 Å². The number of nitrogen functional groups attached to an aromatic ring is 1. The van der Waals surface area contributed by atoms with Gasteiger partial charge in [0.05, 0.1) is 0 Å². The molecule has 1 heterocycles. The molecule has 1 aromatic rings. The first kappa shape index (κ1) is 14.6. The Balaban J connectivity index is 1.83. The molecule has 20 heavy (non-hydrogen) atoms. The van der Waals surface area contributed by atoms with Crippen molar-refractivity contribution in [3.05, 3.63) is 35.9 Å². The van der Waals surface area contributed by atoms with Crippen LogP contribution in [-0.2, 0) is 9.53 Å². The van der Waals surface area contributed by atoms with Gasteiger partial charge in [-0.1, -0.05) is 12.1 Å². The molecule has 1 aromatic carbocycles. The maximum absolute atomic E-state index is 11.9. The topological polar surface area (TPSA) is 64.4 Å². The van der Waals surface area contributed by atoms with Crippen LogP contribution >= 0.6 is 0 Å². The SMILES string of the molecule is CC(NC(=O)/C=C/c1ccc(N)cc1)C1CCOCC1. The van der Waals surface area contributed by atoms with Gasteiger partial charge < -0.3 is 15.8 Å². The first-order valence-electron chi connectivity index (χ1n) is 7.07. The van der Waals surface area contributed by atoms with Crippen molar-refractivity contribution in [2.45, 2.75) is 25.8 Å². The van der Waals surface area contributed by atoms with Crippen molar-refractivity contribution in [1.29, 1.82) is 0 Å². The van der Waals surface area contributed by atoms with Crippen molar-refractivity contribution in [1.82, 2.24) is 5.32 Å². The van der Waals surface area contributed by atoms with E-state index in [1.54, 1.807) is 12.2 Å². The van der Waals surface area contributed by atoms with Crippen LogP contribution in [0.1, 0.15) is 25.3 Å². The lowest BCUT2D eigenvalue weighted by Crippen LogP contribution is -2.39. The summed E-state index contributed by atoms with van der Waals surface area (Å²) in [5.41, 5.74) is 7.31. The number of anilines is 1. The number of ether oxygens (including phenoxy) is 1. The van der Waals surface area contributed by atoms with Gasteiger partial charge in [0.25, 0.3) is 0 Å². The van der Waals surface area contributed by atoms with Gasteiger partial charge in [-0.05, 0) is 49.5 Å². The molecule has 1 saturated heterocycles. The smallest absolute Gasteiger partial charge is 0.244 e. The van der Waals surface area contributed by atoms with E-state index < -0.39 is 0 Å². The average molecular weight is 274 g/mol. The van der Waals surface area contributed by atoms with Crippen molar-refractivity contribution in [3.8, 4) is 0 Å². The van der Waals surface area contributed by atoms with Crippen LogP contribution in [0.3, 0.4) is 0 Å². The fourth-order valence-electron chi connectivity index (χ4n) is 2.39. The molecule has 0 aliphatic carbocycles. The lowest BCUT2D eigenvalue weighted by Gasteiger charge is -2.27. The van der Waals surface area contributed by atoms with Crippen LogP contribution in [-0.4, -0.2) is 25.2 Å². The molecule has 1 unspecified atom stereocenters. The van der Waals surface area contributed by atoms with Gasteiger partial charge in [-0.2, -0.15) is 0 Å². The van der Waals surface area contributed by atoms with E-state index in [-0.39, 0.29) is 11.9 Å². The Bertz CT molecular complexity index is 462. The highest BCUT2D eigenvalue weighted by Crippen LogP contribution is 2.18. The summed E-state index contributed by atoms with van der Waals surface area (Å²) >= 11 is 0. The van der Waals surface area contributed by atoms with Crippen LogP contribution in [0.2, 0.25) is 0 Å². The maximum Gasteiger partial charge on any atom is 0.244 e. The van der Waals surface area contributed by atoms with Crippen molar-refractivity contribution in [2.75, 3.05) is 18.9 Å². The summed E-state index contributed by atoms with van der Waals surface area (Å²) in [6.45, 7) is 3.66. The molecule has 0 radical (unpaired) electrons. The molecule has 1 fully saturated rings. The fourth-order valence-corrected chi connectivity index (χ4v) is 2.39. The molecule has 4 heteroatoms. The van der Waals surface area contributed by atoms with Gasteiger partial charge in [0.15, 0.2) is 0 Å². The number of hydrogen-bond acceptors (Lipinski definition) is 3. The summed E-state index contributed by atoms with van der Waals surface area (Å²) in [5.74, 6) is 0.457. The number of rotatable bonds is 4. The van der Waals surface area contributed by atoms with Crippen molar-refractivity contribution < 1.29 is 9.53 Å². The summed E-state index contributed by atoms with van der Waals surface area (Å²) in [6.07, 6.45) is 5.40. The number of hydrogen-bond donors (Lipinski definition) is 2. The third kappa shape index (κ3) is 4.38. The molecule has 0 aromatic heterocycles. The monoisotopic (exact) mass is 274 g/mol. The Kier molecular flexibility index (Phi) is 5.18. The number of nitrogens with one attached hydrogen (secondary N) is 1. The largest absolute Gasteiger partial charge is 0.399 e. The molecule has 0 spiro atoms. The molecule has 0 bridgehead atoms. The summed E-state index contributed by atoms with van der Waals surface area (Å²) in [6, 6.07) is 7.61. The first-order valence-corrected chi connectivity index (χ1v) is 7.07. The number of nitrogens with two attached hydrogens (primary N) is 1. The average Bonchev–Trinajstić information content (AvgIpc) is 2.47. The zero-order valence-corrected chi connectivity index (χ0v) is 11.8. The minimum atomic E-state index is -0.0548. The third-order valence-corrected chi connectivity index (χ3v) is 3.71. The molecule has 1 amide bonds. The summed E-state index contributed by atoms with van der Waals surface area (Å²) in [5, 5.41) is 3.03. The molecule has 1 atom stereocenters. The third-order valence-electron chi connectivity index (χ3n) is 3.71. The van der Waals surface area contributed by atoms with Gasteiger partial charge in [0.2, 0.25) is 5.91 Å². The van der Waals surface area contributed by atoms with Gasteiger partial charge in [-0.15, -0.1) is 0 Å². The van der Waals surface area contributed by atoms with Gasteiger partial charge in [-0.3, -0.25) is 4.79 Å². The van der Waals surface area contributed by atoms with Crippen LogP contribution in [0, 0.1) is 5.92 Å². The highest BCUT2D eigenvalue weighted by molar-refractivity contribution is 5.91. The van der Waals surface area contributed by atoms with Gasteiger partial charge >= 0.3 is 0 Å².